The maximum absolute atomic E-state index is 12.4. The standard InChI is InChI=1S/C17H23N5O3/c1-11(23)21-8-4-6-13(21)14-7-5-9-22(14)15-12(10-18)16(24)20(3)17(25)19(15)2/h13-14H,4-9H2,1-3H3. The maximum atomic E-state index is 12.4. The lowest BCUT2D eigenvalue weighted by Gasteiger charge is -2.36. The van der Waals surface area contributed by atoms with E-state index in [9.17, 15) is 19.6 Å². The molecule has 2 saturated heterocycles. The second kappa shape index (κ2) is 6.39. The molecule has 1 amide bonds. The highest BCUT2D eigenvalue weighted by atomic mass is 16.2. The minimum absolute atomic E-state index is 0.0103. The third-order valence-electron chi connectivity index (χ3n) is 5.46. The largest absolute Gasteiger partial charge is 0.352 e. The molecule has 1 aromatic heterocycles. The molecule has 2 atom stereocenters. The Hall–Kier alpha value is -2.56. The van der Waals surface area contributed by atoms with Crippen LogP contribution in [0.4, 0.5) is 5.82 Å². The summed E-state index contributed by atoms with van der Waals surface area (Å²) in [5, 5.41) is 9.52. The summed E-state index contributed by atoms with van der Waals surface area (Å²) in [5.74, 6) is 0.432. The highest BCUT2D eigenvalue weighted by molar-refractivity contribution is 5.74. The first kappa shape index (κ1) is 17.3. The molecule has 0 bridgehead atoms. The first-order valence-corrected chi connectivity index (χ1v) is 8.62. The van der Waals surface area contributed by atoms with Gasteiger partial charge >= 0.3 is 5.69 Å². The van der Waals surface area contributed by atoms with Gasteiger partial charge in [0.2, 0.25) is 5.91 Å². The SMILES string of the molecule is CC(=O)N1CCCC1C1CCCN1c1c(C#N)c(=O)n(C)c(=O)n1C. The van der Waals surface area contributed by atoms with E-state index >= 15 is 0 Å². The number of hydrogen-bond donors (Lipinski definition) is 0. The van der Waals surface area contributed by atoms with Gasteiger partial charge in [0, 0.05) is 34.1 Å². The van der Waals surface area contributed by atoms with E-state index in [4.69, 9.17) is 0 Å². The lowest BCUT2D eigenvalue weighted by atomic mass is 10.0. The summed E-state index contributed by atoms with van der Waals surface area (Å²) in [6.45, 7) is 2.99. The van der Waals surface area contributed by atoms with Crippen molar-refractivity contribution in [2.24, 2.45) is 14.1 Å². The lowest BCUT2D eigenvalue weighted by Crippen LogP contribution is -2.50. The highest BCUT2D eigenvalue weighted by Crippen LogP contribution is 2.33. The number of amides is 1. The fourth-order valence-electron chi connectivity index (χ4n) is 4.31. The number of carbonyl (C=O) groups excluding carboxylic acids is 1. The molecule has 0 aromatic carbocycles. The van der Waals surface area contributed by atoms with Crippen LogP contribution in [0.5, 0.6) is 0 Å². The van der Waals surface area contributed by atoms with Gasteiger partial charge in [-0.3, -0.25) is 18.7 Å². The summed E-state index contributed by atoms with van der Waals surface area (Å²) in [5.41, 5.74) is -1.02. The maximum Gasteiger partial charge on any atom is 0.332 e. The van der Waals surface area contributed by atoms with Crippen LogP contribution >= 0.6 is 0 Å². The number of hydrogen-bond acceptors (Lipinski definition) is 5. The number of nitrogens with zero attached hydrogens (tertiary/aromatic N) is 5. The van der Waals surface area contributed by atoms with E-state index in [0.717, 1.165) is 36.8 Å². The van der Waals surface area contributed by atoms with Crippen LogP contribution in [0.2, 0.25) is 0 Å². The summed E-state index contributed by atoms with van der Waals surface area (Å²) in [7, 11) is 2.97. The van der Waals surface area contributed by atoms with Crippen molar-refractivity contribution in [3.05, 3.63) is 26.4 Å². The monoisotopic (exact) mass is 345 g/mol. The average molecular weight is 345 g/mol. The normalized spacial score (nSPS) is 23.1. The Morgan fingerprint density at radius 3 is 2.36 bits per heavy atom. The summed E-state index contributed by atoms with van der Waals surface area (Å²) in [4.78, 5) is 40.6. The number of anilines is 1. The molecule has 0 aliphatic carbocycles. The molecule has 0 N–H and O–H groups in total. The summed E-state index contributed by atoms with van der Waals surface area (Å²) < 4.78 is 2.34. The Kier molecular flexibility index (Phi) is 4.41. The predicted octanol–water partition coefficient (Wildman–Crippen LogP) is -0.0646. The Bertz CT molecular complexity index is 863. The van der Waals surface area contributed by atoms with Crippen LogP contribution in [0, 0.1) is 11.3 Å². The van der Waals surface area contributed by atoms with Crippen molar-refractivity contribution in [1.29, 1.82) is 5.26 Å². The Labute approximate surface area is 145 Å². The van der Waals surface area contributed by atoms with Crippen molar-refractivity contribution in [1.82, 2.24) is 14.0 Å². The van der Waals surface area contributed by atoms with Gasteiger partial charge in [-0.15, -0.1) is 0 Å². The van der Waals surface area contributed by atoms with Gasteiger partial charge in [-0.2, -0.15) is 5.26 Å². The predicted molar refractivity (Wildman–Crippen MR) is 92.4 cm³/mol. The number of carbonyl (C=O) groups is 1. The number of rotatable bonds is 2. The summed E-state index contributed by atoms with van der Waals surface area (Å²) in [6.07, 6.45) is 3.64. The van der Waals surface area contributed by atoms with E-state index in [2.05, 4.69) is 0 Å². The van der Waals surface area contributed by atoms with Crippen LogP contribution < -0.4 is 16.1 Å². The van der Waals surface area contributed by atoms with Crippen LogP contribution in [0.3, 0.4) is 0 Å². The molecule has 2 fully saturated rings. The molecule has 2 unspecified atom stereocenters. The van der Waals surface area contributed by atoms with Gasteiger partial charge in [0.05, 0.1) is 12.1 Å². The van der Waals surface area contributed by atoms with Gasteiger partial charge in [0.15, 0.2) is 5.56 Å². The third-order valence-corrected chi connectivity index (χ3v) is 5.46. The number of aromatic nitrogens is 2. The lowest BCUT2D eigenvalue weighted by molar-refractivity contribution is -0.129. The Balaban J connectivity index is 2.10. The molecule has 3 heterocycles. The molecule has 8 nitrogen and oxygen atoms in total. The quantitative estimate of drug-likeness (QED) is 0.749. The fraction of sp³-hybridized carbons (Fsp3) is 0.647. The number of likely N-dealkylation sites (tertiary alicyclic amines) is 1. The van der Waals surface area contributed by atoms with Crippen LogP contribution in [0.15, 0.2) is 9.59 Å². The average Bonchev–Trinajstić information content (AvgIpc) is 3.24. The van der Waals surface area contributed by atoms with Crippen molar-refractivity contribution in [3.8, 4) is 6.07 Å². The van der Waals surface area contributed by atoms with Crippen molar-refractivity contribution in [3.63, 3.8) is 0 Å². The first-order chi connectivity index (χ1) is 11.9. The van der Waals surface area contributed by atoms with Gasteiger partial charge in [0.25, 0.3) is 5.56 Å². The minimum Gasteiger partial charge on any atom is -0.352 e. The van der Waals surface area contributed by atoms with E-state index in [1.807, 2.05) is 15.9 Å². The van der Waals surface area contributed by atoms with Crippen molar-refractivity contribution in [2.45, 2.75) is 44.7 Å². The van der Waals surface area contributed by atoms with Crippen molar-refractivity contribution < 1.29 is 4.79 Å². The summed E-state index contributed by atoms with van der Waals surface area (Å²) in [6, 6.07) is 2.06. The molecule has 2 aliphatic heterocycles. The molecule has 134 valence electrons. The first-order valence-electron chi connectivity index (χ1n) is 8.62. The molecule has 1 aromatic rings. The molecular weight excluding hydrogens is 322 g/mol. The van der Waals surface area contributed by atoms with E-state index in [-0.39, 0.29) is 23.6 Å². The van der Waals surface area contributed by atoms with Gasteiger partial charge in [-0.25, -0.2) is 4.79 Å². The second-order valence-corrected chi connectivity index (χ2v) is 6.84. The van der Waals surface area contributed by atoms with Crippen LogP contribution in [0.25, 0.3) is 0 Å². The van der Waals surface area contributed by atoms with Gasteiger partial charge in [0.1, 0.15) is 11.9 Å². The molecule has 25 heavy (non-hydrogen) atoms. The topological polar surface area (TPSA) is 91.3 Å². The van der Waals surface area contributed by atoms with E-state index in [0.29, 0.717) is 12.4 Å². The van der Waals surface area contributed by atoms with Crippen LogP contribution in [-0.4, -0.2) is 45.1 Å². The van der Waals surface area contributed by atoms with E-state index < -0.39 is 11.2 Å². The molecule has 0 spiro atoms. The molecule has 0 saturated carbocycles. The van der Waals surface area contributed by atoms with Crippen molar-refractivity contribution >= 4 is 11.7 Å². The van der Waals surface area contributed by atoms with Crippen molar-refractivity contribution in [2.75, 3.05) is 18.0 Å². The Morgan fingerprint density at radius 2 is 1.72 bits per heavy atom. The number of nitriles is 1. The van der Waals surface area contributed by atoms with Gasteiger partial charge in [-0.05, 0) is 25.7 Å². The van der Waals surface area contributed by atoms with E-state index in [1.165, 1.54) is 11.6 Å². The zero-order valence-corrected chi connectivity index (χ0v) is 14.9. The molecule has 2 aliphatic rings. The zero-order chi connectivity index (χ0) is 18.3. The summed E-state index contributed by atoms with van der Waals surface area (Å²) >= 11 is 0. The fourth-order valence-corrected chi connectivity index (χ4v) is 4.31. The molecular formula is C17H23N5O3. The minimum atomic E-state index is -0.568. The molecule has 3 rings (SSSR count). The molecule has 8 heteroatoms. The van der Waals surface area contributed by atoms with Crippen LogP contribution in [-0.2, 0) is 18.9 Å². The molecule has 0 radical (unpaired) electrons. The Morgan fingerprint density at radius 1 is 1.08 bits per heavy atom. The van der Waals surface area contributed by atoms with Gasteiger partial charge in [-0.1, -0.05) is 0 Å². The second-order valence-electron chi connectivity index (χ2n) is 6.84. The highest BCUT2D eigenvalue weighted by Gasteiger charge is 2.40. The van der Waals surface area contributed by atoms with Crippen LogP contribution in [0.1, 0.15) is 38.2 Å². The smallest absolute Gasteiger partial charge is 0.332 e. The zero-order valence-electron chi connectivity index (χ0n) is 14.9. The third kappa shape index (κ3) is 2.64. The van der Waals surface area contributed by atoms with Gasteiger partial charge < -0.3 is 9.80 Å². The van der Waals surface area contributed by atoms with E-state index in [1.54, 1.807) is 14.0 Å².